The Morgan fingerprint density at radius 2 is 1.82 bits per heavy atom. The first-order valence-electron chi connectivity index (χ1n) is 8.49. The van der Waals surface area contributed by atoms with Crippen LogP contribution in [0.3, 0.4) is 0 Å². The molecule has 0 aliphatic carbocycles. The number of benzene rings is 2. The van der Waals surface area contributed by atoms with Crippen molar-refractivity contribution in [2.24, 2.45) is 5.73 Å². The van der Waals surface area contributed by atoms with Crippen molar-refractivity contribution in [1.29, 1.82) is 0 Å². The van der Waals surface area contributed by atoms with Crippen LogP contribution in [0.2, 0.25) is 0 Å². The van der Waals surface area contributed by atoms with Gasteiger partial charge in [0.05, 0.1) is 16.7 Å². The molecule has 0 fully saturated rings. The SMILES string of the molecule is COC(=O)[C@H](Cc1ccc(OCc2ccccc2)c(I)c1)NC(=O)[C@H](C)N.Cl. The van der Waals surface area contributed by atoms with E-state index in [1.54, 1.807) is 6.92 Å². The average Bonchev–Trinajstić information content (AvgIpc) is 2.66. The molecule has 1 amide bonds. The standard InChI is InChI=1S/C20H23IN2O4.ClH/c1-13(22)19(24)23-17(20(25)26-2)11-15-8-9-18(16(21)10-15)27-12-14-6-4-3-5-7-14;/h3-10,13,17H,11-12,22H2,1-2H3,(H,23,24);1H/t13-,17-;/m0./s1. The lowest BCUT2D eigenvalue weighted by Gasteiger charge is -2.18. The van der Waals surface area contributed by atoms with Crippen LogP contribution in [-0.2, 0) is 27.4 Å². The Labute approximate surface area is 184 Å². The van der Waals surface area contributed by atoms with Gasteiger partial charge in [0.15, 0.2) is 0 Å². The maximum absolute atomic E-state index is 12.0. The predicted molar refractivity (Wildman–Crippen MR) is 118 cm³/mol. The second-order valence-corrected chi connectivity index (χ2v) is 7.28. The highest BCUT2D eigenvalue weighted by Gasteiger charge is 2.23. The third kappa shape index (κ3) is 7.29. The van der Waals surface area contributed by atoms with Crippen molar-refractivity contribution in [3.63, 3.8) is 0 Å². The number of hydrogen-bond donors (Lipinski definition) is 2. The van der Waals surface area contributed by atoms with Gasteiger partial charge in [-0.1, -0.05) is 36.4 Å². The highest BCUT2D eigenvalue weighted by molar-refractivity contribution is 14.1. The van der Waals surface area contributed by atoms with E-state index in [4.69, 9.17) is 15.2 Å². The molecule has 2 atom stereocenters. The summed E-state index contributed by atoms with van der Waals surface area (Å²) in [7, 11) is 1.29. The van der Waals surface area contributed by atoms with Crippen LogP contribution in [0.4, 0.5) is 0 Å². The summed E-state index contributed by atoms with van der Waals surface area (Å²) in [5.74, 6) is -0.149. The molecule has 0 unspecified atom stereocenters. The number of halogens is 2. The number of esters is 1. The van der Waals surface area contributed by atoms with E-state index in [0.717, 1.165) is 20.4 Å². The van der Waals surface area contributed by atoms with E-state index in [2.05, 4.69) is 27.9 Å². The monoisotopic (exact) mass is 518 g/mol. The molecule has 0 aliphatic rings. The number of carbonyl (C=O) groups is 2. The molecule has 0 bridgehead atoms. The fourth-order valence-corrected chi connectivity index (χ4v) is 3.13. The summed E-state index contributed by atoms with van der Waals surface area (Å²) in [6, 6.07) is 14.1. The maximum atomic E-state index is 12.0. The van der Waals surface area contributed by atoms with Gasteiger partial charge in [0.2, 0.25) is 5.91 Å². The molecule has 28 heavy (non-hydrogen) atoms. The molecule has 152 valence electrons. The molecule has 0 saturated carbocycles. The number of ether oxygens (including phenoxy) is 2. The molecular weight excluding hydrogens is 495 g/mol. The predicted octanol–water partition coefficient (Wildman–Crippen LogP) is 2.84. The van der Waals surface area contributed by atoms with Gasteiger partial charge in [0.25, 0.3) is 0 Å². The van der Waals surface area contributed by atoms with Gasteiger partial charge in [0, 0.05) is 6.42 Å². The summed E-state index contributed by atoms with van der Waals surface area (Å²) in [4.78, 5) is 23.8. The Hall–Kier alpha value is -1.84. The van der Waals surface area contributed by atoms with E-state index in [9.17, 15) is 9.59 Å². The fourth-order valence-electron chi connectivity index (χ4n) is 2.40. The zero-order chi connectivity index (χ0) is 19.8. The quantitative estimate of drug-likeness (QED) is 0.414. The van der Waals surface area contributed by atoms with E-state index in [-0.39, 0.29) is 12.4 Å². The summed E-state index contributed by atoms with van der Waals surface area (Å²) < 4.78 is 11.6. The van der Waals surface area contributed by atoms with Crippen molar-refractivity contribution in [3.8, 4) is 5.75 Å². The zero-order valence-electron chi connectivity index (χ0n) is 15.7. The molecule has 0 aromatic heterocycles. The van der Waals surface area contributed by atoms with Crippen molar-refractivity contribution in [2.75, 3.05) is 7.11 Å². The molecule has 0 radical (unpaired) electrons. The summed E-state index contributed by atoms with van der Waals surface area (Å²) in [5.41, 5.74) is 7.53. The Morgan fingerprint density at radius 3 is 2.39 bits per heavy atom. The minimum Gasteiger partial charge on any atom is -0.488 e. The Morgan fingerprint density at radius 1 is 1.14 bits per heavy atom. The van der Waals surface area contributed by atoms with Crippen LogP contribution in [0.5, 0.6) is 5.75 Å². The molecular formula is C20H24ClIN2O4. The molecule has 0 aliphatic heterocycles. The van der Waals surface area contributed by atoms with Crippen LogP contribution in [0.25, 0.3) is 0 Å². The fraction of sp³-hybridized carbons (Fsp3) is 0.300. The normalized spacial score (nSPS) is 12.3. The Bertz CT molecular complexity index is 787. The van der Waals surface area contributed by atoms with E-state index in [1.165, 1.54) is 7.11 Å². The van der Waals surface area contributed by atoms with E-state index in [0.29, 0.717) is 13.0 Å². The van der Waals surface area contributed by atoms with Gasteiger partial charge in [-0.05, 0) is 52.8 Å². The first-order chi connectivity index (χ1) is 12.9. The van der Waals surface area contributed by atoms with Crippen molar-refractivity contribution in [2.45, 2.75) is 32.0 Å². The second-order valence-electron chi connectivity index (χ2n) is 6.12. The lowest BCUT2D eigenvalue weighted by atomic mass is 10.1. The van der Waals surface area contributed by atoms with Crippen LogP contribution >= 0.6 is 35.0 Å². The topological polar surface area (TPSA) is 90.6 Å². The highest BCUT2D eigenvalue weighted by atomic mass is 127. The third-order valence-corrected chi connectivity index (χ3v) is 4.73. The number of rotatable bonds is 8. The van der Waals surface area contributed by atoms with Crippen molar-refractivity contribution in [1.82, 2.24) is 5.32 Å². The molecule has 2 aromatic carbocycles. The summed E-state index contributed by atoms with van der Waals surface area (Å²) in [5, 5.41) is 2.62. The van der Waals surface area contributed by atoms with Gasteiger partial charge in [-0.3, -0.25) is 4.79 Å². The number of carbonyl (C=O) groups excluding carboxylic acids is 2. The number of hydrogen-bond acceptors (Lipinski definition) is 5. The van der Waals surface area contributed by atoms with Crippen LogP contribution in [-0.4, -0.2) is 31.1 Å². The molecule has 0 spiro atoms. The molecule has 0 saturated heterocycles. The summed E-state index contributed by atoms with van der Waals surface area (Å²) in [6.45, 7) is 2.04. The first kappa shape index (κ1) is 24.2. The van der Waals surface area contributed by atoms with Crippen molar-refractivity contribution in [3.05, 3.63) is 63.2 Å². The largest absolute Gasteiger partial charge is 0.488 e. The van der Waals surface area contributed by atoms with Crippen molar-refractivity contribution >= 4 is 46.9 Å². The van der Waals surface area contributed by atoms with Gasteiger partial charge >= 0.3 is 5.97 Å². The molecule has 0 heterocycles. The lowest BCUT2D eigenvalue weighted by Crippen LogP contribution is -2.48. The number of nitrogens with two attached hydrogens (primary N) is 1. The van der Waals surface area contributed by atoms with Crippen LogP contribution in [0.1, 0.15) is 18.1 Å². The van der Waals surface area contributed by atoms with E-state index >= 15 is 0 Å². The zero-order valence-corrected chi connectivity index (χ0v) is 18.7. The van der Waals surface area contributed by atoms with E-state index < -0.39 is 24.0 Å². The third-order valence-electron chi connectivity index (χ3n) is 3.89. The molecule has 2 aromatic rings. The molecule has 2 rings (SSSR count). The van der Waals surface area contributed by atoms with Crippen LogP contribution in [0, 0.1) is 3.57 Å². The molecule has 8 heteroatoms. The lowest BCUT2D eigenvalue weighted by molar-refractivity contribution is -0.145. The Balaban J connectivity index is 0.00000392. The first-order valence-corrected chi connectivity index (χ1v) is 9.57. The number of nitrogens with one attached hydrogen (secondary N) is 1. The molecule has 6 nitrogen and oxygen atoms in total. The van der Waals surface area contributed by atoms with Gasteiger partial charge in [-0.15, -0.1) is 12.4 Å². The summed E-state index contributed by atoms with van der Waals surface area (Å²) >= 11 is 2.19. The number of methoxy groups -OCH3 is 1. The van der Waals surface area contributed by atoms with Gasteiger partial charge in [0.1, 0.15) is 18.4 Å². The van der Waals surface area contributed by atoms with E-state index in [1.807, 2.05) is 48.5 Å². The van der Waals surface area contributed by atoms with Crippen LogP contribution in [0.15, 0.2) is 48.5 Å². The minimum absolute atomic E-state index is 0. The second kappa shape index (κ2) is 11.9. The maximum Gasteiger partial charge on any atom is 0.328 e. The van der Waals surface area contributed by atoms with Crippen LogP contribution < -0.4 is 15.8 Å². The van der Waals surface area contributed by atoms with Gasteiger partial charge < -0.3 is 20.5 Å². The molecule has 3 N–H and O–H groups in total. The summed E-state index contributed by atoms with van der Waals surface area (Å²) in [6.07, 6.45) is 0.306. The van der Waals surface area contributed by atoms with Crippen molar-refractivity contribution < 1.29 is 19.1 Å². The van der Waals surface area contributed by atoms with Gasteiger partial charge in [-0.25, -0.2) is 4.79 Å². The number of amides is 1. The Kier molecular flexibility index (Phi) is 10.3. The highest BCUT2D eigenvalue weighted by Crippen LogP contribution is 2.24. The minimum atomic E-state index is -0.791. The smallest absolute Gasteiger partial charge is 0.328 e. The average molecular weight is 519 g/mol. The van der Waals surface area contributed by atoms with Gasteiger partial charge in [-0.2, -0.15) is 0 Å².